The van der Waals surface area contributed by atoms with Gasteiger partial charge in [0.1, 0.15) is 0 Å². The number of pyridine rings is 1. The molecule has 1 aromatic heterocycles. The molecule has 2 heterocycles. The van der Waals surface area contributed by atoms with Gasteiger partial charge in [-0.15, -0.1) is 0 Å². The van der Waals surface area contributed by atoms with Gasteiger partial charge in [-0.05, 0) is 24.5 Å². The predicted molar refractivity (Wildman–Crippen MR) is 57.9 cm³/mol. The Balaban J connectivity index is 2.08. The summed E-state index contributed by atoms with van der Waals surface area (Å²) < 4.78 is 0. The van der Waals surface area contributed by atoms with E-state index < -0.39 is 0 Å². The summed E-state index contributed by atoms with van der Waals surface area (Å²) in [5.41, 5.74) is 7.43. The van der Waals surface area contributed by atoms with Crippen molar-refractivity contribution in [2.24, 2.45) is 0 Å². The molecule has 1 aliphatic heterocycles. The number of nitrogen functional groups attached to an aromatic ring is 1. The second kappa shape index (κ2) is 4.29. The highest BCUT2D eigenvalue weighted by Crippen LogP contribution is 2.17. The van der Waals surface area contributed by atoms with Crippen molar-refractivity contribution in [3.63, 3.8) is 0 Å². The minimum absolute atomic E-state index is 0.234. The van der Waals surface area contributed by atoms with E-state index in [0.717, 1.165) is 24.9 Å². The quantitative estimate of drug-likeness (QED) is 0.788. The van der Waals surface area contributed by atoms with Gasteiger partial charge in [0.05, 0.1) is 11.9 Å². The molecule has 0 aliphatic carbocycles. The lowest BCUT2D eigenvalue weighted by atomic mass is 10.1. The molecule has 1 saturated heterocycles. The Bertz CT molecular complexity index is 365. The van der Waals surface area contributed by atoms with Gasteiger partial charge in [0.15, 0.2) is 0 Å². The first-order valence-electron chi connectivity index (χ1n) is 5.23. The Labute approximate surface area is 89.1 Å². The van der Waals surface area contributed by atoms with Crippen molar-refractivity contribution in [1.82, 2.24) is 9.88 Å². The van der Waals surface area contributed by atoms with Crippen molar-refractivity contribution in [3.05, 3.63) is 24.0 Å². The van der Waals surface area contributed by atoms with E-state index in [4.69, 9.17) is 5.73 Å². The van der Waals surface area contributed by atoms with Gasteiger partial charge in [-0.1, -0.05) is 0 Å². The minimum atomic E-state index is 0.234. The molecular weight excluding hydrogens is 190 g/mol. The fourth-order valence-corrected chi connectivity index (χ4v) is 1.81. The summed E-state index contributed by atoms with van der Waals surface area (Å²) in [5.74, 6) is 0.234. The first-order chi connectivity index (χ1) is 7.27. The number of nitrogens with two attached hydrogens (primary N) is 1. The van der Waals surface area contributed by atoms with Gasteiger partial charge < -0.3 is 10.6 Å². The number of nitrogens with zero attached hydrogens (tertiary/aromatic N) is 2. The number of aromatic nitrogens is 1. The third kappa shape index (κ3) is 2.26. The molecule has 0 unspecified atom stereocenters. The molecule has 4 nitrogen and oxygen atoms in total. The molecule has 1 aromatic rings. The van der Waals surface area contributed by atoms with E-state index in [0.29, 0.717) is 18.7 Å². The molecule has 0 spiro atoms. The topological polar surface area (TPSA) is 59.2 Å². The van der Waals surface area contributed by atoms with E-state index >= 15 is 0 Å². The summed E-state index contributed by atoms with van der Waals surface area (Å²) in [7, 11) is 0. The zero-order chi connectivity index (χ0) is 10.7. The zero-order valence-electron chi connectivity index (χ0n) is 8.65. The zero-order valence-corrected chi connectivity index (χ0v) is 8.65. The van der Waals surface area contributed by atoms with Crippen LogP contribution in [0.3, 0.4) is 0 Å². The number of amides is 1. The van der Waals surface area contributed by atoms with Crippen LogP contribution in [0.4, 0.5) is 5.69 Å². The molecule has 0 bridgehead atoms. The summed E-state index contributed by atoms with van der Waals surface area (Å²) >= 11 is 0. The average Bonchev–Trinajstić information content (AvgIpc) is 2.24. The predicted octanol–water partition coefficient (Wildman–Crippen LogP) is 1.18. The molecule has 4 heteroatoms. The Morgan fingerprint density at radius 1 is 1.47 bits per heavy atom. The SMILES string of the molecule is Nc1cnccc1CN1CCCCC1=O. The van der Waals surface area contributed by atoms with Gasteiger partial charge >= 0.3 is 0 Å². The largest absolute Gasteiger partial charge is 0.397 e. The molecule has 0 radical (unpaired) electrons. The molecule has 1 fully saturated rings. The van der Waals surface area contributed by atoms with Gasteiger partial charge in [-0.25, -0.2) is 0 Å². The molecule has 0 saturated carbocycles. The highest BCUT2D eigenvalue weighted by Gasteiger charge is 2.18. The van der Waals surface area contributed by atoms with E-state index in [9.17, 15) is 4.79 Å². The fraction of sp³-hybridized carbons (Fsp3) is 0.455. The van der Waals surface area contributed by atoms with E-state index in [1.807, 2.05) is 11.0 Å². The van der Waals surface area contributed by atoms with Crippen molar-refractivity contribution >= 4 is 11.6 Å². The highest BCUT2D eigenvalue weighted by atomic mass is 16.2. The number of hydrogen-bond donors (Lipinski definition) is 1. The van der Waals surface area contributed by atoms with E-state index in [-0.39, 0.29) is 5.91 Å². The van der Waals surface area contributed by atoms with Crippen LogP contribution >= 0.6 is 0 Å². The molecule has 0 aromatic carbocycles. The molecule has 2 N–H and O–H groups in total. The molecule has 0 atom stereocenters. The number of piperidine rings is 1. The van der Waals surface area contributed by atoms with Crippen LogP contribution in [0.1, 0.15) is 24.8 Å². The number of carbonyl (C=O) groups is 1. The van der Waals surface area contributed by atoms with Crippen LogP contribution in [0.25, 0.3) is 0 Å². The monoisotopic (exact) mass is 205 g/mol. The van der Waals surface area contributed by atoms with Gasteiger partial charge in [-0.2, -0.15) is 0 Å². The molecule has 1 aliphatic rings. The maximum atomic E-state index is 11.6. The third-order valence-electron chi connectivity index (χ3n) is 2.73. The number of rotatable bonds is 2. The smallest absolute Gasteiger partial charge is 0.222 e. The summed E-state index contributed by atoms with van der Waals surface area (Å²) in [6.45, 7) is 1.47. The number of carbonyl (C=O) groups excluding carboxylic acids is 1. The standard InChI is InChI=1S/C11H15N3O/c12-10-7-13-5-4-9(10)8-14-6-2-1-3-11(14)15/h4-5,7H,1-3,6,8,12H2. The summed E-state index contributed by atoms with van der Waals surface area (Å²) in [5, 5.41) is 0. The first-order valence-corrected chi connectivity index (χ1v) is 5.23. The second-order valence-electron chi connectivity index (χ2n) is 3.85. The molecule has 2 rings (SSSR count). The number of anilines is 1. The Morgan fingerprint density at radius 2 is 2.33 bits per heavy atom. The normalized spacial score (nSPS) is 16.8. The Hall–Kier alpha value is -1.58. The Morgan fingerprint density at radius 3 is 3.07 bits per heavy atom. The van der Waals surface area contributed by atoms with E-state index in [1.165, 1.54) is 0 Å². The minimum Gasteiger partial charge on any atom is -0.397 e. The summed E-state index contributed by atoms with van der Waals surface area (Å²) in [4.78, 5) is 17.4. The maximum absolute atomic E-state index is 11.6. The van der Waals surface area contributed by atoms with Crippen LogP contribution in [0.15, 0.2) is 18.5 Å². The van der Waals surface area contributed by atoms with Crippen LogP contribution in [-0.2, 0) is 11.3 Å². The van der Waals surface area contributed by atoms with Gasteiger partial charge in [-0.3, -0.25) is 9.78 Å². The van der Waals surface area contributed by atoms with Gasteiger partial charge in [0.25, 0.3) is 0 Å². The van der Waals surface area contributed by atoms with Crippen molar-refractivity contribution in [3.8, 4) is 0 Å². The maximum Gasteiger partial charge on any atom is 0.222 e. The second-order valence-corrected chi connectivity index (χ2v) is 3.85. The van der Waals surface area contributed by atoms with Crippen LogP contribution in [0, 0.1) is 0 Å². The van der Waals surface area contributed by atoms with Crippen LogP contribution in [0.2, 0.25) is 0 Å². The summed E-state index contributed by atoms with van der Waals surface area (Å²) in [6, 6.07) is 1.87. The molecule has 80 valence electrons. The third-order valence-corrected chi connectivity index (χ3v) is 2.73. The van der Waals surface area contributed by atoms with Crippen LogP contribution in [0.5, 0.6) is 0 Å². The average molecular weight is 205 g/mol. The molecule has 1 amide bonds. The van der Waals surface area contributed by atoms with E-state index in [1.54, 1.807) is 12.4 Å². The number of likely N-dealkylation sites (tertiary alicyclic amines) is 1. The van der Waals surface area contributed by atoms with Crippen molar-refractivity contribution in [2.45, 2.75) is 25.8 Å². The lowest BCUT2D eigenvalue weighted by molar-refractivity contribution is -0.133. The van der Waals surface area contributed by atoms with Crippen molar-refractivity contribution < 1.29 is 4.79 Å². The molecule has 15 heavy (non-hydrogen) atoms. The first kappa shape index (κ1) is 9.96. The fourth-order valence-electron chi connectivity index (χ4n) is 1.81. The van der Waals surface area contributed by atoms with Crippen molar-refractivity contribution in [2.75, 3.05) is 12.3 Å². The summed E-state index contributed by atoms with van der Waals surface area (Å²) in [6.07, 6.45) is 6.12. The van der Waals surface area contributed by atoms with E-state index in [2.05, 4.69) is 4.98 Å². The lowest BCUT2D eigenvalue weighted by Crippen LogP contribution is -2.34. The lowest BCUT2D eigenvalue weighted by Gasteiger charge is -2.27. The molecular formula is C11H15N3O. The van der Waals surface area contributed by atoms with Crippen molar-refractivity contribution in [1.29, 1.82) is 0 Å². The number of hydrogen-bond acceptors (Lipinski definition) is 3. The Kier molecular flexibility index (Phi) is 2.85. The highest BCUT2D eigenvalue weighted by molar-refractivity contribution is 5.77. The van der Waals surface area contributed by atoms with Gasteiger partial charge in [0, 0.05) is 25.7 Å². The van der Waals surface area contributed by atoms with Crippen LogP contribution in [-0.4, -0.2) is 22.3 Å². The van der Waals surface area contributed by atoms with Gasteiger partial charge in [0.2, 0.25) is 5.91 Å². The van der Waals surface area contributed by atoms with Crippen LogP contribution < -0.4 is 5.73 Å².